The number of nitrogens with zero attached hydrogens (tertiary/aromatic N) is 3. The van der Waals surface area contributed by atoms with Crippen LogP contribution >= 0.6 is 0 Å². The fraction of sp³-hybridized carbons (Fsp3) is 0.467. The van der Waals surface area contributed by atoms with Crippen molar-refractivity contribution in [3.05, 3.63) is 34.4 Å². The van der Waals surface area contributed by atoms with Crippen molar-refractivity contribution >= 4 is 23.3 Å². The summed E-state index contributed by atoms with van der Waals surface area (Å²) in [5.41, 5.74) is 0.986. The van der Waals surface area contributed by atoms with Crippen molar-refractivity contribution in [1.29, 1.82) is 0 Å². The average molecular weight is 335 g/mol. The van der Waals surface area contributed by atoms with E-state index in [-0.39, 0.29) is 11.6 Å². The summed E-state index contributed by atoms with van der Waals surface area (Å²) in [7, 11) is 1.45. The van der Waals surface area contributed by atoms with Crippen molar-refractivity contribution in [2.75, 3.05) is 38.1 Å². The van der Waals surface area contributed by atoms with E-state index in [1.54, 1.807) is 19.1 Å². The Morgan fingerprint density at radius 1 is 1.17 bits per heavy atom. The molecule has 0 radical (unpaired) electrons. The molecular formula is C15H21N5O4. The zero-order chi connectivity index (χ0) is 17.7. The van der Waals surface area contributed by atoms with E-state index in [1.807, 2.05) is 4.90 Å². The molecule has 0 aromatic heterocycles. The normalized spacial score (nSPS) is 16.3. The number of benzene rings is 1. The van der Waals surface area contributed by atoms with Crippen molar-refractivity contribution in [2.45, 2.75) is 13.0 Å². The Bertz CT molecular complexity index is 611. The number of hydrogen-bond donors (Lipinski definition) is 2. The molecule has 2 rings (SSSR count). The molecule has 1 aromatic carbocycles. The first-order valence-corrected chi connectivity index (χ1v) is 7.68. The highest BCUT2D eigenvalue weighted by molar-refractivity contribution is 5.96. The molecule has 1 saturated heterocycles. The van der Waals surface area contributed by atoms with Gasteiger partial charge >= 0.3 is 6.03 Å². The molecule has 130 valence electrons. The summed E-state index contributed by atoms with van der Waals surface area (Å²) < 4.78 is 0. The molecule has 1 aliphatic rings. The first kappa shape index (κ1) is 17.7. The van der Waals surface area contributed by atoms with E-state index in [2.05, 4.69) is 15.5 Å². The summed E-state index contributed by atoms with van der Waals surface area (Å²) in [5, 5.41) is 15.3. The second-order valence-electron chi connectivity index (χ2n) is 5.54. The molecule has 0 spiro atoms. The van der Waals surface area contributed by atoms with Crippen LogP contribution in [-0.2, 0) is 4.79 Å². The first-order valence-electron chi connectivity index (χ1n) is 7.68. The smallest absolute Gasteiger partial charge is 0.321 e. The topological polar surface area (TPSA) is 108 Å². The molecule has 0 bridgehead atoms. The van der Waals surface area contributed by atoms with Crippen LogP contribution in [0.15, 0.2) is 24.3 Å². The number of non-ortho nitro benzene ring substituents is 1. The van der Waals surface area contributed by atoms with Gasteiger partial charge in [-0.15, -0.1) is 0 Å². The van der Waals surface area contributed by atoms with Gasteiger partial charge in [0.15, 0.2) is 0 Å². The van der Waals surface area contributed by atoms with Crippen LogP contribution in [0, 0.1) is 10.1 Å². The maximum atomic E-state index is 12.0. The number of rotatable bonds is 4. The fourth-order valence-corrected chi connectivity index (χ4v) is 2.60. The second kappa shape index (κ2) is 7.73. The Hall–Kier alpha value is -2.68. The largest absolute Gasteiger partial charge is 0.369 e. The Kier molecular flexibility index (Phi) is 5.69. The van der Waals surface area contributed by atoms with Crippen molar-refractivity contribution < 1.29 is 14.5 Å². The molecule has 1 aromatic rings. The van der Waals surface area contributed by atoms with Crippen LogP contribution in [0.3, 0.4) is 0 Å². The summed E-state index contributed by atoms with van der Waals surface area (Å²) >= 11 is 0. The minimum absolute atomic E-state index is 0.0666. The third-order valence-corrected chi connectivity index (χ3v) is 4.13. The second-order valence-corrected chi connectivity index (χ2v) is 5.54. The molecule has 24 heavy (non-hydrogen) atoms. The number of nitrogens with one attached hydrogen (secondary N) is 2. The van der Waals surface area contributed by atoms with Gasteiger partial charge in [-0.1, -0.05) is 0 Å². The minimum Gasteiger partial charge on any atom is -0.369 e. The SMILES string of the molecule is CNC(=O)NC(=O)C(C)N1CCN(c2ccc([N+](=O)[O-])cc2)CC1. The molecule has 1 heterocycles. The van der Waals surface area contributed by atoms with Gasteiger partial charge in [0.05, 0.1) is 11.0 Å². The van der Waals surface area contributed by atoms with Crippen LogP contribution in [0.25, 0.3) is 0 Å². The standard InChI is InChI=1S/C15H21N5O4/c1-11(14(21)17-15(22)16-2)18-7-9-19(10-8-18)12-3-5-13(6-4-12)20(23)24/h3-6,11H,7-10H2,1-2H3,(H2,16,17,21,22). The molecule has 1 atom stereocenters. The Morgan fingerprint density at radius 2 is 1.75 bits per heavy atom. The molecule has 1 aliphatic heterocycles. The van der Waals surface area contributed by atoms with Crippen LogP contribution in [0.4, 0.5) is 16.2 Å². The highest BCUT2D eigenvalue weighted by Crippen LogP contribution is 2.21. The summed E-state index contributed by atoms with van der Waals surface area (Å²) in [6.07, 6.45) is 0. The van der Waals surface area contributed by atoms with Crippen molar-refractivity contribution in [1.82, 2.24) is 15.5 Å². The summed E-state index contributed by atoms with van der Waals surface area (Å²) in [6, 6.07) is 5.52. The number of carbonyl (C=O) groups is 2. The molecule has 0 aliphatic carbocycles. The number of imide groups is 1. The molecule has 1 unspecified atom stereocenters. The summed E-state index contributed by atoms with van der Waals surface area (Å²) in [4.78, 5) is 37.6. The number of carbonyl (C=O) groups excluding carboxylic acids is 2. The Morgan fingerprint density at radius 3 is 2.25 bits per heavy atom. The van der Waals surface area contributed by atoms with E-state index in [0.29, 0.717) is 26.2 Å². The van der Waals surface area contributed by atoms with E-state index in [4.69, 9.17) is 0 Å². The lowest BCUT2D eigenvalue weighted by molar-refractivity contribution is -0.384. The van der Waals surface area contributed by atoms with Crippen LogP contribution in [-0.4, -0.2) is 61.0 Å². The van der Waals surface area contributed by atoms with Crippen LogP contribution in [0.2, 0.25) is 0 Å². The van der Waals surface area contributed by atoms with Gasteiger partial charge in [-0.05, 0) is 19.1 Å². The Labute approximate surface area is 139 Å². The average Bonchev–Trinajstić information content (AvgIpc) is 2.61. The number of hydrogen-bond acceptors (Lipinski definition) is 6. The lowest BCUT2D eigenvalue weighted by Crippen LogP contribution is -2.55. The van der Waals surface area contributed by atoms with E-state index in [9.17, 15) is 19.7 Å². The molecule has 9 heteroatoms. The van der Waals surface area contributed by atoms with Crippen LogP contribution < -0.4 is 15.5 Å². The fourth-order valence-electron chi connectivity index (χ4n) is 2.60. The predicted octanol–water partition coefficient (Wildman–Crippen LogP) is 0.561. The number of anilines is 1. The number of nitro groups is 1. The monoisotopic (exact) mass is 335 g/mol. The highest BCUT2D eigenvalue weighted by Gasteiger charge is 2.26. The molecule has 9 nitrogen and oxygen atoms in total. The van der Waals surface area contributed by atoms with Crippen LogP contribution in [0.5, 0.6) is 0 Å². The molecule has 2 N–H and O–H groups in total. The molecular weight excluding hydrogens is 314 g/mol. The number of urea groups is 1. The van der Waals surface area contributed by atoms with E-state index in [1.165, 1.54) is 19.2 Å². The summed E-state index contributed by atoms with van der Waals surface area (Å²) in [6.45, 7) is 4.50. The lowest BCUT2D eigenvalue weighted by Gasteiger charge is -2.38. The quantitative estimate of drug-likeness (QED) is 0.615. The maximum absolute atomic E-state index is 12.0. The first-order chi connectivity index (χ1) is 11.4. The van der Waals surface area contributed by atoms with E-state index >= 15 is 0 Å². The van der Waals surface area contributed by atoms with Gasteiger partial charge in [-0.2, -0.15) is 0 Å². The van der Waals surface area contributed by atoms with Crippen molar-refractivity contribution in [3.8, 4) is 0 Å². The van der Waals surface area contributed by atoms with Crippen molar-refractivity contribution in [2.24, 2.45) is 0 Å². The lowest BCUT2D eigenvalue weighted by atomic mass is 10.2. The highest BCUT2D eigenvalue weighted by atomic mass is 16.6. The third-order valence-electron chi connectivity index (χ3n) is 4.13. The predicted molar refractivity (Wildman–Crippen MR) is 88.9 cm³/mol. The van der Waals surface area contributed by atoms with E-state index in [0.717, 1.165) is 5.69 Å². The van der Waals surface area contributed by atoms with E-state index < -0.39 is 17.0 Å². The van der Waals surface area contributed by atoms with Crippen molar-refractivity contribution in [3.63, 3.8) is 0 Å². The summed E-state index contributed by atoms with van der Waals surface area (Å²) in [5.74, 6) is -0.335. The number of amides is 3. The zero-order valence-corrected chi connectivity index (χ0v) is 13.7. The van der Waals surface area contributed by atoms with Crippen LogP contribution in [0.1, 0.15) is 6.92 Å². The number of piperazine rings is 1. The third kappa shape index (κ3) is 4.19. The molecule has 1 fully saturated rings. The van der Waals surface area contributed by atoms with Gasteiger partial charge < -0.3 is 10.2 Å². The van der Waals surface area contributed by atoms with Gasteiger partial charge in [-0.25, -0.2) is 4.79 Å². The number of nitro benzene ring substituents is 1. The zero-order valence-electron chi connectivity index (χ0n) is 13.7. The molecule has 0 saturated carbocycles. The van der Waals surface area contributed by atoms with Gasteiger partial charge in [0.1, 0.15) is 0 Å². The van der Waals surface area contributed by atoms with Gasteiger partial charge in [0.25, 0.3) is 5.69 Å². The van der Waals surface area contributed by atoms with Gasteiger partial charge in [0.2, 0.25) is 5.91 Å². The molecule has 3 amide bonds. The minimum atomic E-state index is -0.517. The van der Waals surface area contributed by atoms with Gasteiger partial charge in [-0.3, -0.25) is 25.1 Å². The Balaban J connectivity index is 1.89. The maximum Gasteiger partial charge on any atom is 0.321 e. The van der Waals surface area contributed by atoms with Gasteiger partial charge in [0, 0.05) is 51.0 Å².